The van der Waals surface area contributed by atoms with Crippen molar-refractivity contribution in [3.63, 3.8) is 0 Å². The van der Waals surface area contributed by atoms with Crippen LogP contribution < -0.4 is 20.3 Å². The minimum atomic E-state index is -0.558. The van der Waals surface area contributed by atoms with Crippen molar-refractivity contribution in [2.24, 2.45) is 0 Å². The van der Waals surface area contributed by atoms with Crippen LogP contribution in [-0.2, 0) is 13.0 Å². The molecule has 1 aromatic heterocycles. The standard InChI is InChI=1S/C18H20ClN3O3S/c1-3-22-5-4-10-13(8-22)26-18-14(10)17(24)20-16(21-18)11-6-9(19)7-12(25-2)15(11)23/h6-7,16,21,23H,3-5,8H2,1-2H3,(H,20,24)/p+1/t16-/m0/s1. The van der Waals surface area contributed by atoms with Crippen molar-refractivity contribution in [3.8, 4) is 11.5 Å². The molecule has 2 aliphatic heterocycles. The summed E-state index contributed by atoms with van der Waals surface area (Å²) in [7, 11) is 1.47. The predicted octanol–water partition coefficient (Wildman–Crippen LogP) is 1.93. The van der Waals surface area contributed by atoms with Gasteiger partial charge >= 0.3 is 0 Å². The Balaban J connectivity index is 1.71. The number of amides is 1. The van der Waals surface area contributed by atoms with E-state index in [1.807, 2.05) is 0 Å². The molecule has 26 heavy (non-hydrogen) atoms. The summed E-state index contributed by atoms with van der Waals surface area (Å²) in [6.45, 7) is 5.28. The summed E-state index contributed by atoms with van der Waals surface area (Å²) in [4.78, 5) is 15.6. The third-order valence-corrected chi connectivity index (χ3v) is 6.49. The zero-order chi connectivity index (χ0) is 18.4. The van der Waals surface area contributed by atoms with Gasteiger partial charge in [0, 0.05) is 23.1 Å². The van der Waals surface area contributed by atoms with Gasteiger partial charge in [-0.15, -0.1) is 11.3 Å². The lowest BCUT2D eigenvalue weighted by atomic mass is 10.00. The number of ether oxygens (including phenoxy) is 1. The van der Waals surface area contributed by atoms with Gasteiger partial charge in [0.2, 0.25) is 0 Å². The van der Waals surface area contributed by atoms with Crippen LogP contribution in [0.2, 0.25) is 5.02 Å². The fraction of sp³-hybridized carbons (Fsp3) is 0.389. The minimum absolute atomic E-state index is 0.0268. The van der Waals surface area contributed by atoms with E-state index in [9.17, 15) is 9.90 Å². The van der Waals surface area contributed by atoms with Crippen LogP contribution in [0.5, 0.6) is 11.5 Å². The molecule has 0 saturated carbocycles. The van der Waals surface area contributed by atoms with Crippen molar-refractivity contribution >= 4 is 33.8 Å². The first kappa shape index (κ1) is 17.5. The quantitative estimate of drug-likeness (QED) is 0.641. The van der Waals surface area contributed by atoms with E-state index in [1.165, 1.54) is 22.5 Å². The molecule has 4 N–H and O–H groups in total. The number of carbonyl (C=O) groups excluding carboxylic acids is 1. The molecule has 8 heteroatoms. The molecule has 0 aliphatic carbocycles. The highest BCUT2D eigenvalue weighted by Gasteiger charge is 2.35. The highest BCUT2D eigenvalue weighted by Crippen LogP contribution is 2.42. The Bertz CT molecular complexity index is 883. The largest absolute Gasteiger partial charge is 0.504 e. The monoisotopic (exact) mass is 394 g/mol. The Labute approximate surface area is 160 Å². The number of phenols is 1. The molecule has 1 amide bonds. The topological polar surface area (TPSA) is 75.0 Å². The minimum Gasteiger partial charge on any atom is -0.504 e. The smallest absolute Gasteiger partial charge is 0.256 e. The maximum Gasteiger partial charge on any atom is 0.256 e. The second-order valence-corrected chi connectivity index (χ2v) is 8.13. The Hall–Kier alpha value is -1.96. The molecule has 0 spiro atoms. The van der Waals surface area contributed by atoms with Gasteiger partial charge < -0.3 is 25.4 Å². The van der Waals surface area contributed by atoms with Crippen molar-refractivity contribution in [2.75, 3.05) is 25.5 Å². The van der Waals surface area contributed by atoms with Gasteiger partial charge in [-0.1, -0.05) is 11.6 Å². The number of anilines is 1. The number of benzene rings is 1. The van der Waals surface area contributed by atoms with Gasteiger partial charge in [-0.2, -0.15) is 0 Å². The van der Waals surface area contributed by atoms with Crippen LogP contribution in [0.25, 0.3) is 0 Å². The Morgan fingerprint density at radius 3 is 2.96 bits per heavy atom. The summed E-state index contributed by atoms with van der Waals surface area (Å²) in [5, 5.41) is 18.1. The van der Waals surface area contributed by atoms with E-state index in [2.05, 4.69) is 17.6 Å². The van der Waals surface area contributed by atoms with Crippen molar-refractivity contribution in [1.82, 2.24) is 5.32 Å². The number of thiophene rings is 1. The lowest BCUT2D eigenvalue weighted by molar-refractivity contribution is -0.913. The molecule has 0 bridgehead atoms. The highest BCUT2D eigenvalue weighted by atomic mass is 35.5. The van der Waals surface area contributed by atoms with Crippen molar-refractivity contribution in [3.05, 3.63) is 38.7 Å². The summed E-state index contributed by atoms with van der Waals surface area (Å²) in [6.07, 6.45) is 0.359. The first-order valence-electron chi connectivity index (χ1n) is 8.63. The number of quaternary nitrogens is 1. The Morgan fingerprint density at radius 1 is 1.42 bits per heavy atom. The van der Waals surface area contributed by atoms with Crippen LogP contribution in [0.3, 0.4) is 0 Å². The van der Waals surface area contributed by atoms with Gasteiger partial charge in [0.05, 0.1) is 30.6 Å². The SMILES string of the molecule is CC[NH+]1CCc2c(sc3c2C(=O)N[C@H](c2cc(Cl)cc(OC)c2O)N3)C1. The van der Waals surface area contributed by atoms with Crippen LogP contribution in [0.1, 0.15) is 39.5 Å². The van der Waals surface area contributed by atoms with Crippen molar-refractivity contribution < 1.29 is 19.5 Å². The van der Waals surface area contributed by atoms with Gasteiger partial charge in [0.1, 0.15) is 17.7 Å². The lowest BCUT2D eigenvalue weighted by Crippen LogP contribution is -3.11. The third-order valence-electron chi connectivity index (χ3n) is 5.11. The number of aromatic hydroxyl groups is 1. The number of fused-ring (bicyclic) bond motifs is 3. The molecule has 2 atom stereocenters. The molecule has 0 fully saturated rings. The number of likely N-dealkylation sites (N-methyl/N-ethyl adjacent to an activating group) is 1. The summed E-state index contributed by atoms with van der Waals surface area (Å²) < 4.78 is 5.17. The average molecular weight is 395 g/mol. The lowest BCUT2D eigenvalue weighted by Gasteiger charge is -2.28. The molecule has 2 aromatic rings. The molecule has 1 aromatic carbocycles. The van der Waals surface area contributed by atoms with E-state index < -0.39 is 6.17 Å². The average Bonchev–Trinajstić information content (AvgIpc) is 3.00. The molecule has 138 valence electrons. The first-order chi connectivity index (χ1) is 12.5. The predicted molar refractivity (Wildman–Crippen MR) is 102 cm³/mol. The summed E-state index contributed by atoms with van der Waals surface area (Å²) in [5.74, 6) is 0.141. The van der Waals surface area contributed by atoms with Gasteiger partial charge in [-0.3, -0.25) is 4.79 Å². The van der Waals surface area contributed by atoms with Gasteiger partial charge in [-0.05, 0) is 18.6 Å². The maximum atomic E-state index is 12.8. The number of halogens is 1. The van der Waals surface area contributed by atoms with Crippen molar-refractivity contribution in [1.29, 1.82) is 0 Å². The summed E-state index contributed by atoms with van der Waals surface area (Å²) in [5.41, 5.74) is 2.41. The van der Waals surface area contributed by atoms with E-state index in [1.54, 1.807) is 23.5 Å². The molecule has 3 heterocycles. The zero-order valence-corrected chi connectivity index (χ0v) is 16.2. The van der Waals surface area contributed by atoms with Crippen LogP contribution in [0, 0.1) is 0 Å². The maximum absolute atomic E-state index is 12.8. The van der Waals surface area contributed by atoms with Crippen LogP contribution in [0.15, 0.2) is 12.1 Å². The molecule has 0 radical (unpaired) electrons. The van der Waals surface area contributed by atoms with E-state index in [0.717, 1.165) is 36.6 Å². The number of nitrogens with one attached hydrogen (secondary N) is 3. The van der Waals surface area contributed by atoms with Gasteiger partial charge in [-0.25, -0.2) is 0 Å². The van der Waals surface area contributed by atoms with Crippen molar-refractivity contribution in [2.45, 2.75) is 26.1 Å². The van der Waals surface area contributed by atoms with Gasteiger partial charge in [0.15, 0.2) is 11.5 Å². The molecule has 4 rings (SSSR count). The summed E-state index contributed by atoms with van der Waals surface area (Å²) in [6, 6.07) is 3.18. The first-order valence-corrected chi connectivity index (χ1v) is 9.83. The van der Waals surface area contributed by atoms with E-state index in [-0.39, 0.29) is 17.4 Å². The highest BCUT2D eigenvalue weighted by molar-refractivity contribution is 7.16. The second kappa shape index (κ2) is 6.64. The van der Waals surface area contributed by atoms with Gasteiger partial charge in [0.25, 0.3) is 5.91 Å². The normalized spacial score (nSPS) is 21.4. The Morgan fingerprint density at radius 2 is 2.23 bits per heavy atom. The fourth-order valence-electron chi connectivity index (χ4n) is 3.68. The van der Waals surface area contributed by atoms with Crippen LogP contribution in [-0.4, -0.2) is 31.2 Å². The number of phenolic OH excluding ortho intramolecular Hbond substituents is 1. The van der Waals surface area contributed by atoms with E-state index in [0.29, 0.717) is 10.6 Å². The van der Waals surface area contributed by atoms with E-state index >= 15 is 0 Å². The number of rotatable bonds is 3. The van der Waals surface area contributed by atoms with Crippen LogP contribution >= 0.6 is 22.9 Å². The molecule has 1 unspecified atom stereocenters. The molecule has 6 nitrogen and oxygen atoms in total. The molecule has 2 aliphatic rings. The third kappa shape index (κ3) is 2.80. The van der Waals surface area contributed by atoms with E-state index in [4.69, 9.17) is 16.3 Å². The summed E-state index contributed by atoms with van der Waals surface area (Å²) >= 11 is 7.78. The molecule has 0 saturated heterocycles. The fourth-order valence-corrected chi connectivity index (χ4v) is 5.24. The molecular weight excluding hydrogens is 374 g/mol. The number of carbonyl (C=O) groups is 1. The zero-order valence-electron chi connectivity index (χ0n) is 14.6. The number of hydrogen-bond donors (Lipinski definition) is 4. The Kier molecular flexibility index (Phi) is 4.46. The number of methoxy groups -OCH3 is 1. The number of hydrogen-bond acceptors (Lipinski definition) is 5. The molecular formula is C18H21ClN3O3S+. The van der Waals surface area contributed by atoms with Crippen LogP contribution in [0.4, 0.5) is 5.00 Å². The second-order valence-electron chi connectivity index (χ2n) is 6.58.